The van der Waals surface area contributed by atoms with Crippen LogP contribution < -0.4 is 0 Å². The van der Waals surface area contributed by atoms with Crippen LogP contribution in [0.15, 0.2) is 12.1 Å². The highest BCUT2D eigenvalue weighted by Gasteiger charge is 2.32. The van der Waals surface area contributed by atoms with E-state index in [1.54, 1.807) is 19.1 Å². The monoisotopic (exact) mass is 358 g/mol. The third kappa shape index (κ3) is 4.30. The van der Waals surface area contributed by atoms with Gasteiger partial charge in [-0.25, -0.2) is 8.78 Å². The van der Waals surface area contributed by atoms with Crippen molar-refractivity contribution < 1.29 is 8.78 Å². The molecule has 1 aromatic carbocycles. The fourth-order valence-electron chi connectivity index (χ4n) is 5.37. The zero-order valence-electron chi connectivity index (χ0n) is 16.3. The molecule has 2 aliphatic rings. The highest BCUT2D eigenvalue weighted by Crippen LogP contribution is 2.45. The lowest BCUT2D eigenvalue weighted by Gasteiger charge is -2.38. The maximum Gasteiger partial charge on any atom is 0.174 e. The molecule has 0 N–H and O–H groups in total. The highest BCUT2D eigenvalue weighted by molar-refractivity contribution is 5.39. The quantitative estimate of drug-likeness (QED) is 0.499. The smallest absolute Gasteiger partial charge is 0.174 e. The van der Waals surface area contributed by atoms with Crippen molar-refractivity contribution in [2.75, 3.05) is 0 Å². The maximum absolute atomic E-state index is 14.5. The molecular weight excluding hydrogens is 326 g/mol. The van der Waals surface area contributed by atoms with Gasteiger partial charge in [0.2, 0.25) is 0 Å². The Kier molecular flexibility index (Phi) is 6.74. The van der Waals surface area contributed by atoms with Crippen LogP contribution in [0.4, 0.5) is 8.78 Å². The lowest BCUT2D eigenvalue weighted by atomic mass is 9.68. The van der Waals surface area contributed by atoms with E-state index in [1.807, 2.05) is 0 Å². The van der Waals surface area contributed by atoms with E-state index >= 15 is 0 Å². The van der Waals surface area contributed by atoms with E-state index in [0.717, 1.165) is 30.6 Å². The summed E-state index contributed by atoms with van der Waals surface area (Å²) < 4.78 is 28.7. The summed E-state index contributed by atoms with van der Waals surface area (Å²) in [5.74, 6) is 6.64. The van der Waals surface area contributed by atoms with Gasteiger partial charge in [-0.2, -0.15) is 0 Å². The first-order valence-corrected chi connectivity index (χ1v) is 10.5. The van der Waals surface area contributed by atoms with Crippen LogP contribution in [-0.2, 0) is 0 Å². The summed E-state index contributed by atoms with van der Waals surface area (Å²) in [5.41, 5.74) is 0.737. The van der Waals surface area contributed by atoms with E-state index in [2.05, 4.69) is 18.8 Å². The van der Waals surface area contributed by atoms with E-state index in [1.165, 1.54) is 51.4 Å². The molecule has 2 fully saturated rings. The molecule has 0 spiro atoms. The van der Waals surface area contributed by atoms with Crippen LogP contribution in [0, 0.1) is 41.2 Å². The molecule has 2 saturated carbocycles. The topological polar surface area (TPSA) is 0 Å². The van der Waals surface area contributed by atoms with Crippen LogP contribution in [0.1, 0.15) is 95.1 Å². The number of halogens is 2. The Hall–Kier alpha value is -1.36. The van der Waals surface area contributed by atoms with Gasteiger partial charge in [0.05, 0.1) is 5.56 Å². The molecule has 0 bridgehead atoms. The first-order valence-electron chi connectivity index (χ1n) is 10.5. The normalized spacial score (nSPS) is 29.1. The summed E-state index contributed by atoms with van der Waals surface area (Å²) in [6, 6.07) is 3.41. The number of hydrogen-bond acceptors (Lipinski definition) is 0. The number of hydrogen-bond donors (Lipinski definition) is 0. The molecule has 142 valence electrons. The maximum atomic E-state index is 14.5. The van der Waals surface area contributed by atoms with E-state index in [0.29, 0.717) is 5.56 Å². The fraction of sp³-hybridized carbons (Fsp3) is 0.667. The molecule has 0 radical (unpaired) electrons. The van der Waals surface area contributed by atoms with Gasteiger partial charge in [0.25, 0.3) is 0 Å². The molecule has 0 saturated heterocycles. The predicted molar refractivity (Wildman–Crippen MR) is 104 cm³/mol. The summed E-state index contributed by atoms with van der Waals surface area (Å²) in [7, 11) is 0. The third-order valence-corrected chi connectivity index (χ3v) is 6.84. The molecule has 26 heavy (non-hydrogen) atoms. The van der Waals surface area contributed by atoms with Crippen molar-refractivity contribution in [2.24, 2.45) is 17.8 Å². The largest absolute Gasteiger partial charge is 0.203 e. The predicted octanol–water partition coefficient (Wildman–Crippen LogP) is 7.22. The van der Waals surface area contributed by atoms with Gasteiger partial charge in [0.1, 0.15) is 0 Å². The van der Waals surface area contributed by atoms with Crippen molar-refractivity contribution in [3.8, 4) is 11.8 Å². The van der Waals surface area contributed by atoms with Crippen molar-refractivity contribution in [3.63, 3.8) is 0 Å². The van der Waals surface area contributed by atoms with Gasteiger partial charge in [-0.15, -0.1) is 5.92 Å². The molecule has 0 amide bonds. The van der Waals surface area contributed by atoms with Gasteiger partial charge in [-0.3, -0.25) is 0 Å². The second-order valence-corrected chi connectivity index (χ2v) is 8.39. The van der Waals surface area contributed by atoms with Crippen LogP contribution >= 0.6 is 0 Å². The Morgan fingerprint density at radius 1 is 0.885 bits per heavy atom. The van der Waals surface area contributed by atoms with Crippen LogP contribution in [0.3, 0.4) is 0 Å². The second-order valence-electron chi connectivity index (χ2n) is 8.39. The number of benzene rings is 1. The zero-order valence-corrected chi connectivity index (χ0v) is 16.3. The minimum Gasteiger partial charge on any atom is -0.203 e. The first kappa shape index (κ1) is 19.4. The van der Waals surface area contributed by atoms with Crippen molar-refractivity contribution in [2.45, 2.75) is 84.0 Å². The summed E-state index contributed by atoms with van der Waals surface area (Å²) >= 11 is 0. The van der Waals surface area contributed by atoms with Gasteiger partial charge < -0.3 is 0 Å². The third-order valence-electron chi connectivity index (χ3n) is 6.84. The van der Waals surface area contributed by atoms with Crippen LogP contribution in [0.2, 0.25) is 0 Å². The lowest BCUT2D eigenvalue weighted by molar-refractivity contribution is 0.156. The molecule has 0 atom stereocenters. The van der Waals surface area contributed by atoms with E-state index in [-0.39, 0.29) is 11.5 Å². The molecule has 0 heterocycles. The van der Waals surface area contributed by atoms with Gasteiger partial charge in [0, 0.05) is 0 Å². The van der Waals surface area contributed by atoms with Gasteiger partial charge in [-0.1, -0.05) is 44.6 Å². The highest BCUT2D eigenvalue weighted by atomic mass is 19.2. The Labute approximate surface area is 157 Å². The van der Waals surface area contributed by atoms with E-state index in [9.17, 15) is 8.78 Å². The van der Waals surface area contributed by atoms with Crippen LogP contribution in [0.25, 0.3) is 0 Å². The average molecular weight is 359 g/mol. The van der Waals surface area contributed by atoms with E-state index in [4.69, 9.17) is 0 Å². The molecule has 0 aromatic heterocycles. The minimum atomic E-state index is -0.770. The summed E-state index contributed by atoms with van der Waals surface area (Å²) in [6.45, 7) is 3.93. The zero-order chi connectivity index (χ0) is 18.5. The van der Waals surface area contributed by atoms with Crippen LogP contribution in [0.5, 0.6) is 0 Å². The Bertz CT molecular complexity index is 651. The van der Waals surface area contributed by atoms with Crippen molar-refractivity contribution in [1.29, 1.82) is 0 Å². The minimum absolute atomic E-state index is 0.167. The summed E-state index contributed by atoms with van der Waals surface area (Å²) in [6.07, 6.45) is 12.6. The Balaban J connectivity index is 1.57. The molecule has 3 rings (SSSR count). The lowest BCUT2D eigenvalue weighted by Crippen LogP contribution is -2.25. The van der Waals surface area contributed by atoms with Crippen molar-refractivity contribution in [3.05, 3.63) is 34.9 Å². The van der Waals surface area contributed by atoms with Crippen LogP contribution in [-0.4, -0.2) is 0 Å². The second kappa shape index (κ2) is 9.03. The molecular formula is C24H32F2. The standard InChI is InChI=1S/C24H32F2/c1-3-5-17-7-9-18(10-8-17)19-11-13-20(14-12-19)22-16-15-21(6-4-2)23(25)24(22)26/h15-20H,3,5,7-14H2,1-2H3. The van der Waals surface area contributed by atoms with Gasteiger partial charge in [0.15, 0.2) is 11.6 Å². The van der Waals surface area contributed by atoms with Gasteiger partial charge in [-0.05, 0) is 80.8 Å². The van der Waals surface area contributed by atoms with Crippen molar-refractivity contribution in [1.82, 2.24) is 0 Å². The van der Waals surface area contributed by atoms with Crippen molar-refractivity contribution >= 4 is 0 Å². The molecule has 0 unspecified atom stereocenters. The molecule has 2 heteroatoms. The molecule has 0 aliphatic heterocycles. The Morgan fingerprint density at radius 3 is 2.08 bits per heavy atom. The Morgan fingerprint density at radius 2 is 1.50 bits per heavy atom. The summed E-state index contributed by atoms with van der Waals surface area (Å²) in [4.78, 5) is 0. The van der Waals surface area contributed by atoms with Gasteiger partial charge >= 0.3 is 0 Å². The number of rotatable bonds is 4. The average Bonchev–Trinajstić information content (AvgIpc) is 2.67. The first-order chi connectivity index (χ1) is 12.6. The van der Waals surface area contributed by atoms with E-state index < -0.39 is 11.6 Å². The fourth-order valence-corrected chi connectivity index (χ4v) is 5.37. The molecule has 1 aromatic rings. The molecule has 2 aliphatic carbocycles. The summed E-state index contributed by atoms with van der Waals surface area (Å²) in [5, 5.41) is 0. The molecule has 0 nitrogen and oxygen atoms in total. The SMILES string of the molecule is CC#Cc1ccc(C2CCC(C3CCC(CCC)CC3)CC2)c(F)c1F.